The van der Waals surface area contributed by atoms with E-state index in [-0.39, 0.29) is 4.83 Å². The van der Waals surface area contributed by atoms with Crippen LogP contribution in [-0.2, 0) is 0 Å². The van der Waals surface area contributed by atoms with Crippen molar-refractivity contribution in [2.24, 2.45) is 0 Å². The van der Waals surface area contributed by atoms with Crippen molar-refractivity contribution < 1.29 is 4.74 Å². The summed E-state index contributed by atoms with van der Waals surface area (Å²) in [5, 5.41) is 3.51. The number of hydrogen-bond donors (Lipinski definition) is 0. The second-order valence-electron chi connectivity index (χ2n) is 4.89. The minimum atomic E-state index is 0.112. The first-order chi connectivity index (χ1) is 10.1. The molecule has 3 rings (SSSR count). The van der Waals surface area contributed by atoms with Crippen molar-refractivity contribution >= 4 is 53.3 Å². The van der Waals surface area contributed by atoms with Gasteiger partial charge in [-0.25, -0.2) is 0 Å². The molecule has 3 aromatic rings. The molecule has 1 atom stereocenters. The molecule has 0 aliphatic carbocycles. The van der Waals surface area contributed by atoms with Crippen molar-refractivity contribution in [3.63, 3.8) is 0 Å². The molecule has 21 heavy (non-hydrogen) atoms. The third-order valence-corrected chi connectivity index (χ3v) is 6.39. The minimum Gasteiger partial charge on any atom is -0.496 e. The van der Waals surface area contributed by atoms with E-state index in [1.54, 1.807) is 18.4 Å². The highest BCUT2D eigenvalue weighted by molar-refractivity contribution is 9.10. The van der Waals surface area contributed by atoms with Gasteiger partial charge in [-0.1, -0.05) is 50.1 Å². The SMILES string of the molecule is COc1cc(C)c(Br)cc1C(Br)c1csc2ccccc12. The Balaban J connectivity index is 2.14. The average Bonchev–Trinajstić information content (AvgIpc) is 2.92. The number of ether oxygens (including phenoxy) is 1. The fraction of sp³-hybridized carbons (Fsp3) is 0.176. The highest BCUT2D eigenvalue weighted by Gasteiger charge is 2.19. The van der Waals surface area contributed by atoms with E-state index in [1.807, 2.05) is 0 Å². The molecule has 0 bridgehead atoms. The number of aryl methyl sites for hydroxylation is 1. The van der Waals surface area contributed by atoms with Gasteiger partial charge in [-0.05, 0) is 47.0 Å². The Morgan fingerprint density at radius 3 is 2.67 bits per heavy atom. The predicted octanol–water partition coefficient (Wildman–Crippen LogP) is 6.47. The Morgan fingerprint density at radius 1 is 1.14 bits per heavy atom. The zero-order valence-electron chi connectivity index (χ0n) is 11.7. The molecule has 0 N–H and O–H groups in total. The van der Waals surface area contributed by atoms with Gasteiger partial charge in [0.05, 0.1) is 11.9 Å². The monoisotopic (exact) mass is 424 g/mol. The van der Waals surface area contributed by atoms with Crippen LogP contribution in [0.1, 0.15) is 21.5 Å². The number of thiophene rings is 1. The van der Waals surface area contributed by atoms with Gasteiger partial charge in [-0.3, -0.25) is 0 Å². The number of hydrogen-bond acceptors (Lipinski definition) is 2. The number of fused-ring (bicyclic) bond motifs is 1. The Hall–Kier alpha value is -0.840. The van der Waals surface area contributed by atoms with Gasteiger partial charge in [0.1, 0.15) is 5.75 Å². The molecule has 1 heterocycles. The summed E-state index contributed by atoms with van der Waals surface area (Å²) in [5.41, 5.74) is 3.59. The quantitative estimate of drug-likeness (QED) is 0.437. The first kappa shape index (κ1) is 15.1. The first-order valence-corrected chi connectivity index (χ1v) is 9.15. The van der Waals surface area contributed by atoms with E-state index in [1.165, 1.54) is 21.2 Å². The minimum absolute atomic E-state index is 0.112. The van der Waals surface area contributed by atoms with Crippen LogP contribution in [0.5, 0.6) is 5.75 Å². The third kappa shape index (κ3) is 2.77. The number of alkyl halides is 1. The maximum Gasteiger partial charge on any atom is 0.123 e. The van der Waals surface area contributed by atoms with Crippen LogP contribution in [0.25, 0.3) is 10.1 Å². The van der Waals surface area contributed by atoms with Crippen molar-refractivity contribution in [3.05, 3.63) is 62.9 Å². The largest absolute Gasteiger partial charge is 0.496 e. The topological polar surface area (TPSA) is 9.23 Å². The average molecular weight is 426 g/mol. The van der Waals surface area contributed by atoms with Gasteiger partial charge in [0.25, 0.3) is 0 Å². The summed E-state index contributed by atoms with van der Waals surface area (Å²) < 4.78 is 7.97. The summed E-state index contributed by atoms with van der Waals surface area (Å²) in [5.74, 6) is 0.910. The van der Waals surface area contributed by atoms with Crippen LogP contribution in [0.15, 0.2) is 46.3 Å². The van der Waals surface area contributed by atoms with Crippen LogP contribution < -0.4 is 4.74 Å². The Kier molecular flexibility index (Phi) is 4.38. The Bertz CT molecular complexity index is 795. The summed E-state index contributed by atoms with van der Waals surface area (Å²) in [6.07, 6.45) is 0. The lowest BCUT2D eigenvalue weighted by Crippen LogP contribution is -1.98. The lowest BCUT2D eigenvalue weighted by molar-refractivity contribution is 0.410. The van der Waals surface area contributed by atoms with Gasteiger partial charge in [-0.2, -0.15) is 0 Å². The molecule has 0 radical (unpaired) electrons. The number of benzene rings is 2. The fourth-order valence-corrected chi connectivity index (χ4v) is 4.67. The van der Waals surface area contributed by atoms with Crippen LogP contribution in [0.3, 0.4) is 0 Å². The van der Waals surface area contributed by atoms with E-state index in [0.29, 0.717) is 0 Å². The van der Waals surface area contributed by atoms with Crippen LogP contribution in [0, 0.1) is 6.92 Å². The molecular weight excluding hydrogens is 412 g/mol. The molecule has 0 saturated carbocycles. The summed E-state index contributed by atoms with van der Waals surface area (Å²) in [6, 6.07) is 12.7. The molecule has 0 fully saturated rings. The smallest absolute Gasteiger partial charge is 0.123 e. The standard InChI is InChI=1S/C17H14Br2OS/c1-10-7-15(20-2)12(8-14(10)18)17(19)13-9-21-16-6-4-3-5-11(13)16/h3-9,17H,1-2H3. The van der Waals surface area contributed by atoms with Crippen LogP contribution in [0.4, 0.5) is 0 Å². The van der Waals surface area contributed by atoms with E-state index in [9.17, 15) is 0 Å². The van der Waals surface area contributed by atoms with Crippen LogP contribution >= 0.6 is 43.2 Å². The summed E-state index contributed by atoms with van der Waals surface area (Å²) >= 11 is 9.24. The van der Waals surface area contributed by atoms with Gasteiger partial charge >= 0.3 is 0 Å². The summed E-state index contributed by atoms with van der Waals surface area (Å²) in [7, 11) is 1.72. The maximum absolute atomic E-state index is 5.56. The molecular formula is C17H14Br2OS. The van der Waals surface area contributed by atoms with E-state index in [2.05, 4.69) is 80.6 Å². The molecule has 0 spiro atoms. The Morgan fingerprint density at radius 2 is 1.90 bits per heavy atom. The van der Waals surface area contributed by atoms with E-state index in [4.69, 9.17) is 4.74 Å². The predicted molar refractivity (Wildman–Crippen MR) is 98.0 cm³/mol. The second kappa shape index (κ2) is 6.11. The summed E-state index contributed by atoms with van der Waals surface area (Å²) in [6.45, 7) is 2.07. The number of methoxy groups -OCH3 is 1. The molecule has 108 valence electrons. The van der Waals surface area contributed by atoms with Crippen LogP contribution in [-0.4, -0.2) is 7.11 Å². The molecule has 4 heteroatoms. The lowest BCUT2D eigenvalue weighted by Gasteiger charge is -2.16. The van der Waals surface area contributed by atoms with Gasteiger partial charge in [0.2, 0.25) is 0 Å². The normalized spacial score (nSPS) is 12.6. The summed E-state index contributed by atoms with van der Waals surface area (Å²) in [4.78, 5) is 0.112. The van der Waals surface area contributed by atoms with Crippen molar-refractivity contribution in [1.29, 1.82) is 0 Å². The Labute approximate surface area is 145 Å². The molecule has 0 aliphatic rings. The first-order valence-electron chi connectivity index (χ1n) is 6.56. The molecule has 0 aliphatic heterocycles. The highest BCUT2D eigenvalue weighted by atomic mass is 79.9. The molecule has 0 saturated heterocycles. The van der Waals surface area contributed by atoms with Gasteiger partial charge in [0.15, 0.2) is 0 Å². The molecule has 1 nitrogen and oxygen atoms in total. The molecule has 1 aromatic heterocycles. The third-order valence-electron chi connectivity index (χ3n) is 3.57. The zero-order valence-corrected chi connectivity index (χ0v) is 15.7. The number of halogens is 2. The zero-order chi connectivity index (χ0) is 15.0. The van der Waals surface area contributed by atoms with Crippen molar-refractivity contribution in [2.45, 2.75) is 11.8 Å². The van der Waals surface area contributed by atoms with Gasteiger partial charge in [0, 0.05) is 14.7 Å². The van der Waals surface area contributed by atoms with Gasteiger partial charge in [-0.15, -0.1) is 11.3 Å². The maximum atomic E-state index is 5.56. The van der Waals surface area contributed by atoms with Gasteiger partial charge < -0.3 is 4.74 Å². The van der Waals surface area contributed by atoms with Crippen molar-refractivity contribution in [2.75, 3.05) is 7.11 Å². The number of rotatable bonds is 3. The lowest BCUT2D eigenvalue weighted by atomic mass is 10.0. The fourth-order valence-electron chi connectivity index (χ4n) is 2.41. The molecule has 2 aromatic carbocycles. The van der Waals surface area contributed by atoms with E-state index >= 15 is 0 Å². The van der Waals surface area contributed by atoms with E-state index < -0.39 is 0 Å². The molecule has 0 amide bonds. The van der Waals surface area contributed by atoms with E-state index in [0.717, 1.165) is 15.8 Å². The van der Waals surface area contributed by atoms with Crippen molar-refractivity contribution in [1.82, 2.24) is 0 Å². The van der Waals surface area contributed by atoms with Crippen molar-refractivity contribution in [3.8, 4) is 5.75 Å². The van der Waals surface area contributed by atoms with Crippen LogP contribution in [0.2, 0.25) is 0 Å². The molecule has 1 unspecified atom stereocenters. The second-order valence-corrected chi connectivity index (χ2v) is 7.57. The highest BCUT2D eigenvalue weighted by Crippen LogP contribution is 2.43.